The summed E-state index contributed by atoms with van der Waals surface area (Å²) in [5.41, 5.74) is 9.54. The van der Waals surface area contributed by atoms with Gasteiger partial charge in [0.05, 0.1) is 36.8 Å². The van der Waals surface area contributed by atoms with Gasteiger partial charge in [0, 0.05) is 36.1 Å². The second kappa shape index (κ2) is 21.8. The van der Waals surface area contributed by atoms with Gasteiger partial charge in [0.15, 0.2) is 11.5 Å². The van der Waals surface area contributed by atoms with Gasteiger partial charge in [0.25, 0.3) is 5.91 Å². The Morgan fingerprint density at radius 3 is 1.49 bits per heavy atom. The van der Waals surface area contributed by atoms with Crippen molar-refractivity contribution in [2.75, 3.05) is 38.3 Å². The molecule has 9 rings (SSSR count). The van der Waals surface area contributed by atoms with E-state index in [0.717, 1.165) is 60.7 Å². The summed E-state index contributed by atoms with van der Waals surface area (Å²) in [5.74, 6) is 0.768. The molecule has 0 saturated carbocycles. The summed E-state index contributed by atoms with van der Waals surface area (Å²) in [6.45, 7) is 0.285. The van der Waals surface area contributed by atoms with Crippen LogP contribution in [0.15, 0.2) is 215 Å². The Morgan fingerprint density at radius 1 is 0.471 bits per heavy atom. The lowest BCUT2D eigenvalue weighted by Gasteiger charge is -2.20. The quantitative estimate of drug-likeness (QED) is 0.0546. The molecule has 10 nitrogen and oxygen atoms in total. The molecule has 9 aromatic rings. The Bertz CT molecular complexity index is 3410. The average molecular weight is 919 g/mol. The van der Waals surface area contributed by atoms with E-state index in [1.165, 1.54) is 0 Å². The summed E-state index contributed by atoms with van der Waals surface area (Å²) in [6.07, 6.45) is 8.26. The number of fused-ring (bicyclic) bond motifs is 2. The number of rotatable bonds is 16. The molecule has 0 saturated heterocycles. The normalized spacial score (nSPS) is 11.7. The van der Waals surface area contributed by atoms with Crippen LogP contribution >= 0.6 is 0 Å². The van der Waals surface area contributed by atoms with E-state index >= 15 is 0 Å². The van der Waals surface area contributed by atoms with Crippen molar-refractivity contribution in [2.24, 2.45) is 20.5 Å². The summed E-state index contributed by atoms with van der Waals surface area (Å²) in [7, 11) is 6.84. The van der Waals surface area contributed by atoms with Crippen LogP contribution in [0.5, 0.6) is 11.5 Å². The van der Waals surface area contributed by atoms with Crippen molar-refractivity contribution < 1.29 is 19.1 Å². The van der Waals surface area contributed by atoms with Crippen molar-refractivity contribution in [2.45, 2.75) is 6.61 Å². The van der Waals surface area contributed by atoms with Crippen LogP contribution in [-0.4, -0.2) is 34.2 Å². The first kappa shape index (κ1) is 46.1. The molecule has 9 aromatic carbocycles. The van der Waals surface area contributed by atoms with E-state index < -0.39 is 0 Å². The largest absolute Gasteiger partial charge is 0.494 e. The third-order valence-electron chi connectivity index (χ3n) is 11.8. The standard InChI is InChI=1S/C60H50N6O4/c1-65(51-23-7-5-8-24-51)60(67)55-40-47-20-12-14-28-54(47)57(59(55)69-4)64-62-50-22-16-18-45(38-50)36-34-43-31-29-42(30-32-43)33-35-44-17-15-21-49(37-44)61-63-56-53-27-13-11-19-46(53)39-48(58(56)68-3)41-70-66(2)52-25-9-6-10-26-52/h5-40H,41H2,1-4H3/b35-33?,36-34?,63-61-,64-62?. The van der Waals surface area contributed by atoms with Gasteiger partial charge in [0.1, 0.15) is 18.0 Å². The van der Waals surface area contributed by atoms with E-state index in [1.54, 1.807) is 31.2 Å². The number of ether oxygens (including phenoxy) is 2. The maximum absolute atomic E-state index is 13.9. The first-order valence-electron chi connectivity index (χ1n) is 22.8. The van der Waals surface area contributed by atoms with Crippen LogP contribution in [-0.2, 0) is 11.4 Å². The van der Waals surface area contributed by atoms with Gasteiger partial charge in [-0.3, -0.25) is 14.7 Å². The Labute approximate surface area is 407 Å². The molecule has 0 aliphatic rings. The molecular weight excluding hydrogens is 869 g/mol. The SMILES string of the molecule is COc1c(C(=O)N(C)c2ccccc2)cc2ccccc2c1N=Nc1cccc(C=Cc2ccc(C=Cc3cccc(/N=N\c4c(OC)c(CON(C)c5ccccc5)cc5ccccc45)c3)cc2)c1. The third-order valence-corrected chi connectivity index (χ3v) is 11.8. The van der Waals surface area contributed by atoms with Gasteiger partial charge in [-0.25, -0.2) is 0 Å². The molecule has 0 atom stereocenters. The summed E-state index contributed by atoms with van der Waals surface area (Å²) in [6, 6.07) is 63.4. The van der Waals surface area contributed by atoms with Crippen molar-refractivity contribution in [1.29, 1.82) is 0 Å². The molecule has 0 spiro atoms. The fraction of sp³-hybridized carbons (Fsp3) is 0.0833. The van der Waals surface area contributed by atoms with Gasteiger partial charge in [-0.05, 0) is 93.7 Å². The van der Waals surface area contributed by atoms with Gasteiger partial charge in [-0.1, -0.05) is 158 Å². The van der Waals surface area contributed by atoms with Crippen LogP contribution in [0.3, 0.4) is 0 Å². The molecule has 0 aliphatic carbocycles. The fourth-order valence-corrected chi connectivity index (χ4v) is 8.10. The zero-order valence-electron chi connectivity index (χ0n) is 39.3. The Balaban J connectivity index is 0.874. The predicted octanol–water partition coefficient (Wildman–Crippen LogP) is 16.0. The number of hydrogen-bond donors (Lipinski definition) is 0. The molecule has 0 radical (unpaired) electrons. The van der Waals surface area contributed by atoms with Crippen LogP contribution < -0.4 is 19.4 Å². The van der Waals surface area contributed by atoms with Crippen LogP contribution in [0.4, 0.5) is 34.1 Å². The molecule has 10 heteroatoms. The number of amides is 1. The number of methoxy groups -OCH3 is 2. The smallest absolute Gasteiger partial charge is 0.261 e. The predicted molar refractivity (Wildman–Crippen MR) is 285 cm³/mol. The van der Waals surface area contributed by atoms with Crippen LogP contribution in [0.1, 0.15) is 38.2 Å². The summed E-state index contributed by atoms with van der Waals surface area (Å²) < 4.78 is 11.8. The molecule has 0 fully saturated rings. The summed E-state index contributed by atoms with van der Waals surface area (Å²) in [5, 5.41) is 24.2. The molecule has 0 heterocycles. The second-order valence-electron chi connectivity index (χ2n) is 16.4. The highest BCUT2D eigenvalue weighted by atomic mass is 16.7. The van der Waals surface area contributed by atoms with Crippen molar-refractivity contribution in [3.8, 4) is 11.5 Å². The highest BCUT2D eigenvalue weighted by molar-refractivity contribution is 6.12. The van der Waals surface area contributed by atoms with E-state index in [4.69, 9.17) is 24.5 Å². The van der Waals surface area contributed by atoms with E-state index in [-0.39, 0.29) is 12.5 Å². The van der Waals surface area contributed by atoms with E-state index in [0.29, 0.717) is 39.8 Å². The lowest BCUT2D eigenvalue weighted by atomic mass is 10.0. The summed E-state index contributed by atoms with van der Waals surface area (Å²) >= 11 is 0. The summed E-state index contributed by atoms with van der Waals surface area (Å²) in [4.78, 5) is 21.6. The number of hydroxylamine groups is 1. The van der Waals surface area contributed by atoms with E-state index in [9.17, 15) is 4.79 Å². The number of anilines is 2. The number of carbonyl (C=O) groups excluding carboxylic acids is 1. The fourth-order valence-electron chi connectivity index (χ4n) is 8.10. The molecule has 70 heavy (non-hydrogen) atoms. The molecular formula is C60H50N6O4. The molecule has 1 amide bonds. The molecule has 344 valence electrons. The number of benzene rings is 9. The minimum absolute atomic E-state index is 0.212. The van der Waals surface area contributed by atoms with Gasteiger partial charge in [0.2, 0.25) is 0 Å². The average Bonchev–Trinajstić information content (AvgIpc) is 3.42. The number of azo groups is 2. The van der Waals surface area contributed by atoms with Gasteiger partial charge < -0.3 is 14.4 Å². The molecule has 0 aromatic heterocycles. The first-order chi connectivity index (χ1) is 34.3. The van der Waals surface area contributed by atoms with Gasteiger partial charge in [-0.15, -0.1) is 10.2 Å². The second-order valence-corrected chi connectivity index (χ2v) is 16.4. The Kier molecular flexibility index (Phi) is 14.3. The van der Waals surface area contributed by atoms with E-state index in [2.05, 4.69) is 64.9 Å². The molecule has 0 unspecified atom stereocenters. The van der Waals surface area contributed by atoms with Crippen molar-refractivity contribution in [3.05, 3.63) is 228 Å². The maximum atomic E-state index is 13.9. The number of para-hydroxylation sites is 2. The Morgan fingerprint density at radius 2 is 0.943 bits per heavy atom. The monoisotopic (exact) mass is 918 g/mol. The molecule has 0 N–H and O–H groups in total. The lowest BCUT2D eigenvalue weighted by Crippen LogP contribution is -2.26. The highest BCUT2D eigenvalue weighted by Crippen LogP contribution is 2.42. The maximum Gasteiger partial charge on any atom is 0.261 e. The van der Waals surface area contributed by atoms with Gasteiger partial charge in [-0.2, -0.15) is 10.2 Å². The zero-order chi connectivity index (χ0) is 48.2. The van der Waals surface area contributed by atoms with E-state index in [1.807, 2.05) is 171 Å². The Hall–Kier alpha value is -8.99. The number of hydrogen-bond acceptors (Lipinski definition) is 9. The lowest BCUT2D eigenvalue weighted by molar-refractivity contribution is 0.0990. The minimum atomic E-state index is -0.212. The number of nitrogens with zero attached hydrogens (tertiary/aromatic N) is 6. The minimum Gasteiger partial charge on any atom is -0.494 e. The molecule has 0 bridgehead atoms. The first-order valence-corrected chi connectivity index (χ1v) is 22.8. The highest BCUT2D eigenvalue weighted by Gasteiger charge is 2.23. The topological polar surface area (TPSA) is 101 Å². The zero-order valence-corrected chi connectivity index (χ0v) is 39.3. The van der Waals surface area contributed by atoms with Crippen molar-refractivity contribution >= 4 is 85.9 Å². The molecule has 0 aliphatic heterocycles. The van der Waals surface area contributed by atoms with Crippen LogP contribution in [0.25, 0.3) is 45.8 Å². The third kappa shape index (κ3) is 10.7. The van der Waals surface area contributed by atoms with Crippen LogP contribution in [0.2, 0.25) is 0 Å². The van der Waals surface area contributed by atoms with Gasteiger partial charge >= 0.3 is 0 Å². The van der Waals surface area contributed by atoms with Crippen LogP contribution in [0, 0.1) is 0 Å². The number of carbonyl (C=O) groups is 1. The van der Waals surface area contributed by atoms with Crippen molar-refractivity contribution in [3.63, 3.8) is 0 Å². The van der Waals surface area contributed by atoms with Crippen molar-refractivity contribution in [1.82, 2.24) is 0 Å².